The Balaban J connectivity index is 3.04. The third-order valence-electron chi connectivity index (χ3n) is 3.44. The van der Waals surface area contributed by atoms with Crippen molar-refractivity contribution >= 4 is 0 Å². The van der Waals surface area contributed by atoms with Crippen molar-refractivity contribution in [3.63, 3.8) is 0 Å². The second-order valence-electron chi connectivity index (χ2n) is 5.94. The van der Waals surface area contributed by atoms with E-state index in [1.807, 2.05) is 12.1 Å². The minimum atomic E-state index is -0.149. The van der Waals surface area contributed by atoms with Crippen molar-refractivity contribution in [2.24, 2.45) is 11.7 Å². The first kappa shape index (κ1) is 16.1. The molecule has 2 N–H and O–H groups in total. The second kappa shape index (κ2) is 7.01. The Labute approximate surface area is 116 Å². The molecule has 0 aliphatic carbocycles. The molecule has 0 fully saturated rings. The third kappa shape index (κ3) is 4.29. The highest BCUT2D eigenvalue weighted by Crippen LogP contribution is 2.24. The molecule has 1 aromatic carbocycles. The van der Waals surface area contributed by atoms with Crippen LogP contribution >= 0.6 is 0 Å². The summed E-state index contributed by atoms with van der Waals surface area (Å²) in [6, 6.07) is 5.92. The Morgan fingerprint density at radius 3 is 2.26 bits per heavy atom. The summed E-state index contributed by atoms with van der Waals surface area (Å²) in [5.41, 5.74) is 7.60. The van der Waals surface area contributed by atoms with Crippen LogP contribution in [-0.4, -0.2) is 24.0 Å². The standard InChI is InChI=1S/C16H27FN2/c1-11(2)10-19(12(3)4)16(9-18)14-7-6-13(5)15(17)8-14/h6-8,11-12,16H,9-10,18H2,1-5H3. The third-order valence-corrected chi connectivity index (χ3v) is 3.44. The lowest BCUT2D eigenvalue weighted by atomic mass is 10.0. The quantitative estimate of drug-likeness (QED) is 0.854. The Morgan fingerprint density at radius 2 is 1.84 bits per heavy atom. The smallest absolute Gasteiger partial charge is 0.126 e. The van der Waals surface area contributed by atoms with Gasteiger partial charge in [-0.1, -0.05) is 26.0 Å². The highest BCUT2D eigenvalue weighted by Gasteiger charge is 2.23. The molecule has 3 heteroatoms. The molecule has 0 bridgehead atoms. The van der Waals surface area contributed by atoms with Gasteiger partial charge in [0.1, 0.15) is 5.82 Å². The number of nitrogens with two attached hydrogens (primary N) is 1. The van der Waals surface area contributed by atoms with Crippen molar-refractivity contribution in [1.82, 2.24) is 4.90 Å². The van der Waals surface area contributed by atoms with Gasteiger partial charge in [-0.3, -0.25) is 4.90 Å². The zero-order chi connectivity index (χ0) is 14.6. The van der Waals surface area contributed by atoms with Crippen molar-refractivity contribution in [2.75, 3.05) is 13.1 Å². The van der Waals surface area contributed by atoms with Gasteiger partial charge in [0.25, 0.3) is 0 Å². The van der Waals surface area contributed by atoms with Crippen LogP contribution in [0.5, 0.6) is 0 Å². The predicted molar refractivity (Wildman–Crippen MR) is 79.6 cm³/mol. The monoisotopic (exact) mass is 266 g/mol. The average molecular weight is 266 g/mol. The lowest BCUT2D eigenvalue weighted by Crippen LogP contribution is -2.40. The van der Waals surface area contributed by atoms with Crippen LogP contribution in [0.25, 0.3) is 0 Å². The van der Waals surface area contributed by atoms with E-state index in [2.05, 4.69) is 32.6 Å². The molecule has 19 heavy (non-hydrogen) atoms. The van der Waals surface area contributed by atoms with Gasteiger partial charge in [0.15, 0.2) is 0 Å². The van der Waals surface area contributed by atoms with E-state index in [9.17, 15) is 4.39 Å². The fourth-order valence-electron chi connectivity index (χ4n) is 2.40. The Morgan fingerprint density at radius 1 is 1.21 bits per heavy atom. The van der Waals surface area contributed by atoms with Gasteiger partial charge in [0.2, 0.25) is 0 Å². The highest BCUT2D eigenvalue weighted by atomic mass is 19.1. The van der Waals surface area contributed by atoms with Crippen molar-refractivity contribution < 1.29 is 4.39 Å². The summed E-state index contributed by atoms with van der Waals surface area (Å²) in [7, 11) is 0. The summed E-state index contributed by atoms with van der Waals surface area (Å²) < 4.78 is 13.7. The molecule has 108 valence electrons. The van der Waals surface area contributed by atoms with E-state index in [0.717, 1.165) is 12.1 Å². The maximum atomic E-state index is 13.7. The van der Waals surface area contributed by atoms with Gasteiger partial charge in [-0.2, -0.15) is 0 Å². The number of aryl methyl sites for hydroxylation is 1. The normalized spacial score (nSPS) is 13.6. The average Bonchev–Trinajstić information content (AvgIpc) is 2.32. The number of hydrogen-bond donors (Lipinski definition) is 1. The molecule has 1 atom stereocenters. The molecule has 0 radical (unpaired) electrons. The zero-order valence-electron chi connectivity index (χ0n) is 12.8. The number of rotatable bonds is 6. The van der Waals surface area contributed by atoms with E-state index < -0.39 is 0 Å². The summed E-state index contributed by atoms with van der Waals surface area (Å²) in [6.45, 7) is 12.0. The molecule has 1 aromatic rings. The molecular weight excluding hydrogens is 239 g/mol. The van der Waals surface area contributed by atoms with Crippen LogP contribution in [0.15, 0.2) is 18.2 Å². The number of hydrogen-bond acceptors (Lipinski definition) is 2. The van der Waals surface area contributed by atoms with Crippen LogP contribution in [0.3, 0.4) is 0 Å². The summed E-state index contributed by atoms with van der Waals surface area (Å²) in [5.74, 6) is 0.413. The van der Waals surface area contributed by atoms with Crippen molar-refractivity contribution in [1.29, 1.82) is 0 Å². The van der Waals surface area contributed by atoms with E-state index in [4.69, 9.17) is 5.73 Å². The van der Waals surface area contributed by atoms with E-state index in [1.165, 1.54) is 0 Å². The van der Waals surface area contributed by atoms with Crippen LogP contribution in [0.2, 0.25) is 0 Å². The Hall–Kier alpha value is -0.930. The number of halogens is 1. The first-order chi connectivity index (χ1) is 8.86. The van der Waals surface area contributed by atoms with E-state index in [1.54, 1.807) is 13.0 Å². The molecule has 0 aliphatic heterocycles. The molecule has 1 unspecified atom stereocenters. The van der Waals surface area contributed by atoms with Gasteiger partial charge in [-0.05, 0) is 43.9 Å². The summed E-state index contributed by atoms with van der Waals surface area (Å²) in [6.07, 6.45) is 0. The fraction of sp³-hybridized carbons (Fsp3) is 0.625. The molecule has 0 aromatic heterocycles. The SMILES string of the molecule is Cc1ccc(C(CN)N(CC(C)C)C(C)C)cc1F. The maximum absolute atomic E-state index is 13.7. The van der Waals surface area contributed by atoms with Gasteiger partial charge >= 0.3 is 0 Å². The minimum Gasteiger partial charge on any atom is -0.329 e. The number of benzene rings is 1. The second-order valence-corrected chi connectivity index (χ2v) is 5.94. The van der Waals surface area contributed by atoms with Gasteiger partial charge < -0.3 is 5.73 Å². The van der Waals surface area contributed by atoms with Gasteiger partial charge in [-0.25, -0.2) is 4.39 Å². The molecule has 1 rings (SSSR count). The molecule has 2 nitrogen and oxygen atoms in total. The molecule has 0 aliphatic rings. The largest absolute Gasteiger partial charge is 0.329 e. The van der Waals surface area contributed by atoms with Crippen molar-refractivity contribution in [3.8, 4) is 0 Å². The molecular formula is C16H27FN2. The molecule has 0 spiro atoms. The van der Waals surface area contributed by atoms with Crippen LogP contribution in [0.4, 0.5) is 4.39 Å². The van der Waals surface area contributed by atoms with Crippen LogP contribution in [0, 0.1) is 18.7 Å². The first-order valence-corrected chi connectivity index (χ1v) is 7.08. The lowest BCUT2D eigenvalue weighted by Gasteiger charge is -2.36. The lowest BCUT2D eigenvalue weighted by molar-refractivity contribution is 0.138. The summed E-state index contributed by atoms with van der Waals surface area (Å²) in [4.78, 5) is 2.36. The van der Waals surface area contributed by atoms with E-state index in [-0.39, 0.29) is 11.9 Å². The predicted octanol–water partition coefficient (Wildman–Crippen LogP) is 3.50. The van der Waals surface area contributed by atoms with Gasteiger partial charge in [0, 0.05) is 25.2 Å². The van der Waals surface area contributed by atoms with Crippen LogP contribution in [0.1, 0.15) is 44.9 Å². The first-order valence-electron chi connectivity index (χ1n) is 7.08. The van der Waals surface area contributed by atoms with Gasteiger partial charge in [-0.15, -0.1) is 0 Å². The van der Waals surface area contributed by atoms with E-state index in [0.29, 0.717) is 24.1 Å². The van der Waals surface area contributed by atoms with Gasteiger partial charge in [0.05, 0.1) is 0 Å². The molecule has 0 amide bonds. The van der Waals surface area contributed by atoms with Crippen molar-refractivity contribution in [2.45, 2.75) is 46.7 Å². The van der Waals surface area contributed by atoms with Crippen molar-refractivity contribution in [3.05, 3.63) is 35.1 Å². The fourth-order valence-corrected chi connectivity index (χ4v) is 2.40. The Kier molecular flexibility index (Phi) is 5.95. The zero-order valence-corrected chi connectivity index (χ0v) is 12.8. The summed E-state index contributed by atoms with van der Waals surface area (Å²) >= 11 is 0. The topological polar surface area (TPSA) is 29.3 Å². The molecule has 0 heterocycles. The molecule has 0 saturated carbocycles. The van der Waals surface area contributed by atoms with E-state index >= 15 is 0 Å². The van der Waals surface area contributed by atoms with Crippen LogP contribution in [-0.2, 0) is 0 Å². The highest BCUT2D eigenvalue weighted by molar-refractivity contribution is 5.26. The number of nitrogens with zero attached hydrogens (tertiary/aromatic N) is 1. The maximum Gasteiger partial charge on any atom is 0.126 e. The summed E-state index contributed by atoms with van der Waals surface area (Å²) in [5, 5.41) is 0. The Bertz CT molecular complexity index is 402. The molecule has 0 saturated heterocycles. The minimum absolute atomic E-state index is 0.0810. The van der Waals surface area contributed by atoms with Crippen LogP contribution < -0.4 is 5.73 Å².